The van der Waals surface area contributed by atoms with Gasteiger partial charge in [0.2, 0.25) is 5.91 Å². The lowest BCUT2D eigenvalue weighted by Crippen LogP contribution is -2.58. The lowest BCUT2D eigenvalue weighted by Gasteiger charge is -2.58. The molecule has 0 radical (unpaired) electrons. The molecule has 4 heteroatoms. The molecule has 216 valence electrons. The van der Waals surface area contributed by atoms with Crippen molar-refractivity contribution in [3.8, 4) is 0 Å². The summed E-state index contributed by atoms with van der Waals surface area (Å²) in [5, 5.41) is 7.42. The quantitative estimate of drug-likeness (QED) is 0.331. The highest BCUT2D eigenvalue weighted by molar-refractivity contribution is 5.91. The van der Waals surface area contributed by atoms with Crippen molar-refractivity contribution in [2.45, 2.75) is 57.9 Å². The summed E-state index contributed by atoms with van der Waals surface area (Å²) in [6.07, 6.45) is 7.65. The number of hydrogen-bond acceptors (Lipinski definition) is 3. The van der Waals surface area contributed by atoms with Gasteiger partial charge in [-0.3, -0.25) is 9.59 Å². The van der Waals surface area contributed by atoms with Crippen LogP contribution < -0.4 is 10.6 Å². The van der Waals surface area contributed by atoms with Crippen LogP contribution in [0, 0.1) is 34.5 Å². The number of nitrogens with one attached hydrogen (secondary N) is 2. The summed E-state index contributed by atoms with van der Waals surface area (Å²) in [6, 6.07) is 31.3. The van der Waals surface area contributed by atoms with Gasteiger partial charge in [0.05, 0.1) is 0 Å². The molecule has 1 saturated heterocycles. The van der Waals surface area contributed by atoms with Crippen LogP contribution in [0.5, 0.6) is 0 Å². The van der Waals surface area contributed by atoms with Crippen LogP contribution in [0.15, 0.2) is 103 Å². The third-order valence-electron chi connectivity index (χ3n) is 11.8. The van der Waals surface area contributed by atoms with E-state index < -0.39 is 5.54 Å². The zero-order valence-electron chi connectivity index (χ0n) is 24.8. The van der Waals surface area contributed by atoms with Crippen molar-refractivity contribution >= 4 is 11.7 Å². The molecule has 42 heavy (non-hydrogen) atoms. The van der Waals surface area contributed by atoms with Crippen LogP contribution in [-0.4, -0.2) is 18.2 Å². The predicted molar refractivity (Wildman–Crippen MR) is 166 cm³/mol. The number of carbonyl (C=O) groups is 2. The van der Waals surface area contributed by atoms with Crippen LogP contribution in [0.2, 0.25) is 0 Å². The summed E-state index contributed by atoms with van der Waals surface area (Å²) >= 11 is 0. The van der Waals surface area contributed by atoms with Gasteiger partial charge in [0.25, 0.3) is 0 Å². The highest BCUT2D eigenvalue weighted by Crippen LogP contribution is 2.64. The Morgan fingerprint density at radius 1 is 0.786 bits per heavy atom. The number of rotatable bonds is 5. The third kappa shape index (κ3) is 4.09. The topological polar surface area (TPSA) is 58.2 Å². The zero-order chi connectivity index (χ0) is 29.0. The van der Waals surface area contributed by atoms with E-state index >= 15 is 0 Å². The van der Waals surface area contributed by atoms with E-state index in [-0.39, 0.29) is 28.4 Å². The second-order valence-electron chi connectivity index (χ2n) is 13.7. The molecule has 3 aromatic rings. The Morgan fingerprint density at radius 2 is 1.36 bits per heavy atom. The average molecular weight is 559 g/mol. The second kappa shape index (κ2) is 10.3. The highest BCUT2D eigenvalue weighted by Gasteiger charge is 2.61. The first kappa shape index (κ1) is 27.2. The molecule has 3 aliphatic carbocycles. The van der Waals surface area contributed by atoms with E-state index in [4.69, 9.17) is 0 Å². The van der Waals surface area contributed by atoms with Gasteiger partial charge in [-0.15, -0.1) is 0 Å². The molecule has 2 N–H and O–H groups in total. The van der Waals surface area contributed by atoms with Crippen molar-refractivity contribution in [3.05, 3.63) is 119 Å². The van der Waals surface area contributed by atoms with Gasteiger partial charge in [-0.1, -0.05) is 105 Å². The van der Waals surface area contributed by atoms with E-state index in [1.54, 1.807) is 0 Å². The number of hydrogen-bond donors (Lipinski definition) is 2. The SMILES string of the molecule is C[C@]12CCC(=O)C=C1NCC1C2CC[C@@]2(C)C1CC[C@@H]2C(=O)NC(c1ccccc1)(c1ccccc1)c1ccccc1. The van der Waals surface area contributed by atoms with Gasteiger partial charge >= 0.3 is 0 Å². The number of benzene rings is 3. The molecule has 3 unspecified atom stereocenters. The lowest BCUT2D eigenvalue weighted by atomic mass is 9.50. The number of amides is 1. The molecule has 2 saturated carbocycles. The molecule has 0 bridgehead atoms. The Hall–Kier alpha value is -3.66. The summed E-state index contributed by atoms with van der Waals surface area (Å²) in [5.41, 5.74) is 3.56. The Bertz CT molecular complexity index is 1400. The van der Waals surface area contributed by atoms with Gasteiger partial charge in [0.1, 0.15) is 5.54 Å². The van der Waals surface area contributed by atoms with E-state index in [0.717, 1.165) is 61.0 Å². The molecule has 1 heterocycles. The van der Waals surface area contributed by atoms with E-state index in [9.17, 15) is 9.59 Å². The van der Waals surface area contributed by atoms with Gasteiger partial charge in [0.15, 0.2) is 5.78 Å². The summed E-state index contributed by atoms with van der Waals surface area (Å²) in [7, 11) is 0. The minimum Gasteiger partial charge on any atom is -0.387 e. The summed E-state index contributed by atoms with van der Waals surface area (Å²) < 4.78 is 0. The molecule has 7 rings (SSSR count). The van der Waals surface area contributed by atoms with Gasteiger partial charge < -0.3 is 10.6 Å². The van der Waals surface area contributed by atoms with Crippen LogP contribution in [0.4, 0.5) is 0 Å². The first-order valence-corrected chi connectivity index (χ1v) is 15.8. The van der Waals surface area contributed by atoms with Crippen molar-refractivity contribution in [3.63, 3.8) is 0 Å². The molecule has 0 aromatic heterocycles. The fraction of sp³-hybridized carbons (Fsp3) is 0.421. The minimum absolute atomic E-state index is 0.0432. The fourth-order valence-corrected chi connectivity index (χ4v) is 9.63. The molecule has 3 aromatic carbocycles. The number of allylic oxidation sites excluding steroid dienone is 2. The molecular weight excluding hydrogens is 516 g/mol. The Kier molecular flexibility index (Phi) is 6.64. The van der Waals surface area contributed by atoms with Crippen molar-refractivity contribution in [2.75, 3.05) is 6.54 Å². The Morgan fingerprint density at radius 3 is 1.93 bits per heavy atom. The summed E-state index contributed by atoms with van der Waals surface area (Å²) in [5.74, 6) is 1.96. The fourth-order valence-electron chi connectivity index (χ4n) is 9.63. The molecule has 6 atom stereocenters. The number of ketones is 1. The van der Waals surface area contributed by atoms with Gasteiger partial charge in [0, 0.05) is 36.1 Å². The molecular formula is C38H42N2O2. The van der Waals surface area contributed by atoms with Crippen LogP contribution in [0.1, 0.15) is 69.1 Å². The van der Waals surface area contributed by atoms with Crippen molar-refractivity contribution in [1.82, 2.24) is 10.6 Å². The normalized spacial score (nSPS) is 32.0. The van der Waals surface area contributed by atoms with E-state index in [0.29, 0.717) is 24.2 Å². The van der Waals surface area contributed by atoms with Gasteiger partial charge in [-0.05, 0) is 72.0 Å². The third-order valence-corrected chi connectivity index (χ3v) is 11.8. The standard InChI is InChI=1S/C38H42N2O2/c1-36-23-21-32-30(25-39-34-24-29(41)20-22-37(32,34)2)31(36)18-19-33(36)35(42)40-38(26-12-6-3-7-13-26,27-14-8-4-9-15-27)28-16-10-5-11-17-28/h3-17,24,30-33,39H,18-23,25H2,1-2H3,(H,40,42)/t30?,31?,32?,33-,36+,37-/m1/s1. The zero-order valence-corrected chi connectivity index (χ0v) is 24.8. The lowest BCUT2D eigenvalue weighted by molar-refractivity contribution is -0.133. The molecule has 1 amide bonds. The second-order valence-corrected chi connectivity index (χ2v) is 13.7. The Balaban J connectivity index is 1.24. The van der Waals surface area contributed by atoms with Gasteiger partial charge in [-0.2, -0.15) is 0 Å². The van der Waals surface area contributed by atoms with Crippen LogP contribution >= 0.6 is 0 Å². The van der Waals surface area contributed by atoms with E-state index in [2.05, 4.69) is 97.3 Å². The smallest absolute Gasteiger partial charge is 0.224 e. The van der Waals surface area contributed by atoms with Crippen molar-refractivity contribution < 1.29 is 9.59 Å². The molecule has 4 aliphatic rings. The Labute approximate surface area is 250 Å². The summed E-state index contributed by atoms with van der Waals surface area (Å²) in [6.45, 7) is 5.69. The molecule has 1 aliphatic heterocycles. The molecule has 4 nitrogen and oxygen atoms in total. The van der Waals surface area contributed by atoms with Crippen LogP contribution in [0.3, 0.4) is 0 Å². The predicted octanol–water partition coefficient (Wildman–Crippen LogP) is 7.01. The minimum atomic E-state index is -0.791. The van der Waals surface area contributed by atoms with E-state index in [1.165, 1.54) is 0 Å². The largest absolute Gasteiger partial charge is 0.387 e. The number of fused-ring (bicyclic) bond motifs is 5. The maximum Gasteiger partial charge on any atom is 0.224 e. The average Bonchev–Trinajstić information content (AvgIpc) is 3.39. The van der Waals surface area contributed by atoms with E-state index in [1.807, 2.05) is 24.3 Å². The molecule has 0 spiro atoms. The monoisotopic (exact) mass is 558 g/mol. The van der Waals surface area contributed by atoms with Crippen molar-refractivity contribution in [2.24, 2.45) is 34.5 Å². The van der Waals surface area contributed by atoms with Gasteiger partial charge in [-0.25, -0.2) is 0 Å². The summed E-state index contributed by atoms with van der Waals surface area (Å²) in [4.78, 5) is 27.0. The highest BCUT2D eigenvalue weighted by atomic mass is 16.2. The number of piperidine rings is 1. The van der Waals surface area contributed by atoms with Crippen LogP contribution in [0.25, 0.3) is 0 Å². The maximum absolute atomic E-state index is 14.8. The first-order chi connectivity index (χ1) is 20.4. The van der Waals surface area contributed by atoms with Crippen molar-refractivity contribution in [1.29, 1.82) is 0 Å². The molecule has 3 fully saturated rings. The van der Waals surface area contributed by atoms with Crippen LogP contribution in [-0.2, 0) is 15.1 Å². The first-order valence-electron chi connectivity index (χ1n) is 15.8. The maximum atomic E-state index is 14.8. The number of carbonyl (C=O) groups excluding carboxylic acids is 2.